The fraction of sp³-hybridized carbons (Fsp3) is 0.143. The summed E-state index contributed by atoms with van der Waals surface area (Å²) in [5.41, 5.74) is 2.14. The van der Waals surface area contributed by atoms with Gasteiger partial charge in [-0.05, 0) is 6.07 Å². The molecule has 0 bridgehead atoms. The predicted molar refractivity (Wildman–Crippen MR) is 78.6 cm³/mol. The molecule has 1 aromatic rings. The van der Waals surface area contributed by atoms with Crippen molar-refractivity contribution < 1.29 is 4.74 Å². The number of nitrogens with zero attached hydrogens (tertiary/aromatic N) is 1. The predicted octanol–water partition coefficient (Wildman–Crippen LogP) is 2.31. The Balaban J connectivity index is 2.45. The third-order valence-corrected chi connectivity index (χ3v) is 4.15. The summed E-state index contributed by atoms with van der Waals surface area (Å²) >= 11 is 6.88. The third kappa shape index (κ3) is 1.82. The van der Waals surface area contributed by atoms with Crippen molar-refractivity contribution >= 4 is 34.6 Å². The Kier molecular flexibility index (Phi) is 3.06. The number of hydrogen-bond donors (Lipinski definition) is 0. The summed E-state index contributed by atoms with van der Waals surface area (Å²) < 4.78 is 9.95. The molecule has 1 aromatic carbocycles. The molecule has 2 nitrogen and oxygen atoms in total. The molecule has 0 radical (unpaired) electrons. The summed E-state index contributed by atoms with van der Waals surface area (Å²) in [4.78, 5) is 0.951. The SMILES string of the molecule is COC1=C2C=CCC(=S)C2=c2ccccc2=NS1. The highest BCUT2D eigenvalue weighted by molar-refractivity contribution is 8.01. The van der Waals surface area contributed by atoms with Crippen molar-refractivity contribution in [3.05, 3.63) is 57.7 Å². The van der Waals surface area contributed by atoms with Crippen molar-refractivity contribution in [1.82, 2.24) is 0 Å². The number of rotatable bonds is 1. The van der Waals surface area contributed by atoms with Crippen molar-refractivity contribution in [3.63, 3.8) is 0 Å². The average Bonchev–Trinajstić information content (AvgIpc) is 2.56. The molecule has 0 aromatic heterocycles. The largest absolute Gasteiger partial charge is 0.488 e. The Morgan fingerprint density at radius 2 is 2.17 bits per heavy atom. The molecule has 2 aliphatic rings. The molecular weight excluding hydrogens is 262 g/mol. The first kappa shape index (κ1) is 11.7. The summed E-state index contributed by atoms with van der Waals surface area (Å²) in [6.07, 6.45) is 4.97. The van der Waals surface area contributed by atoms with E-state index in [1.165, 1.54) is 11.9 Å². The highest BCUT2D eigenvalue weighted by atomic mass is 32.2. The van der Waals surface area contributed by atoms with Gasteiger partial charge in [0.25, 0.3) is 0 Å². The Morgan fingerprint density at radius 1 is 1.33 bits per heavy atom. The van der Waals surface area contributed by atoms with Crippen LogP contribution in [0.15, 0.2) is 51.5 Å². The van der Waals surface area contributed by atoms with E-state index in [1.807, 2.05) is 18.2 Å². The zero-order valence-corrected chi connectivity index (χ0v) is 11.5. The molecule has 18 heavy (non-hydrogen) atoms. The van der Waals surface area contributed by atoms with Crippen LogP contribution in [0.25, 0.3) is 5.57 Å². The molecule has 0 spiro atoms. The Labute approximate surface area is 115 Å². The lowest BCUT2D eigenvalue weighted by atomic mass is 9.93. The smallest absolute Gasteiger partial charge is 0.183 e. The van der Waals surface area contributed by atoms with Gasteiger partial charge < -0.3 is 4.74 Å². The van der Waals surface area contributed by atoms with Crippen LogP contribution >= 0.6 is 24.2 Å². The first-order chi connectivity index (χ1) is 8.81. The third-order valence-electron chi connectivity index (χ3n) is 2.94. The number of thiocarbonyl (C=S) groups is 1. The van der Waals surface area contributed by atoms with Crippen LogP contribution in [-0.2, 0) is 4.74 Å². The van der Waals surface area contributed by atoms with Crippen molar-refractivity contribution in [1.29, 1.82) is 0 Å². The number of hydrogen-bond acceptors (Lipinski definition) is 4. The molecule has 0 amide bonds. The number of fused-ring (bicyclic) bond motifs is 2. The summed E-state index contributed by atoms with van der Waals surface area (Å²) in [5.74, 6) is 0. The molecule has 3 rings (SSSR count). The van der Waals surface area contributed by atoms with E-state index in [0.717, 1.165) is 38.1 Å². The summed E-state index contributed by atoms with van der Waals surface area (Å²) in [6, 6.07) is 8.08. The summed E-state index contributed by atoms with van der Waals surface area (Å²) in [5, 5.41) is 2.86. The van der Waals surface area contributed by atoms with E-state index < -0.39 is 0 Å². The highest BCUT2D eigenvalue weighted by Crippen LogP contribution is 2.32. The maximum absolute atomic E-state index is 5.51. The lowest BCUT2D eigenvalue weighted by Gasteiger charge is -2.15. The van der Waals surface area contributed by atoms with Crippen LogP contribution in [0.4, 0.5) is 0 Å². The minimum Gasteiger partial charge on any atom is -0.488 e. The zero-order chi connectivity index (χ0) is 12.5. The molecule has 0 saturated heterocycles. The van der Waals surface area contributed by atoms with Gasteiger partial charge in [-0.25, -0.2) is 4.40 Å². The van der Waals surface area contributed by atoms with Crippen LogP contribution in [0.1, 0.15) is 6.42 Å². The Morgan fingerprint density at radius 3 is 3.00 bits per heavy atom. The molecule has 90 valence electrons. The second kappa shape index (κ2) is 4.71. The van der Waals surface area contributed by atoms with Crippen LogP contribution in [-0.4, -0.2) is 12.0 Å². The van der Waals surface area contributed by atoms with Gasteiger partial charge in [-0.15, -0.1) is 0 Å². The Hall–Kier alpha value is -1.39. The van der Waals surface area contributed by atoms with E-state index in [9.17, 15) is 0 Å². The van der Waals surface area contributed by atoms with Crippen molar-refractivity contribution in [2.45, 2.75) is 6.42 Å². The van der Waals surface area contributed by atoms with Gasteiger partial charge in [0.2, 0.25) is 0 Å². The van der Waals surface area contributed by atoms with Gasteiger partial charge in [0, 0.05) is 39.6 Å². The molecule has 1 aliphatic carbocycles. The van der Waals surface area contributed by atoms with E-state index >= 15 is 0 Å². The molecule has 4 heteroatoms. The zero-order valence-electron chi connectivity index (χ0n) is 9.84. The fourth-order valence-electron chi connectivity index (χ4n) is 2.14. The first-order valence-corrected chi connectivity index (χ1v) is 6.82. The maximum atomic E-state index is 5.51. The molecular formula is C14H11NOS2. The fourth-order valence-corrected chi connectivity index (χ4v) is 3.14. The van der Waals surface area contributed by atoms with E-state index in [1.54, 1.807) is 7.11 Å². The van der Waals surface area contributed by atoms with Gasteiger partial charge in [-0.3, -0.25) is 0 Å². The van der Waals surface area contributed by atoms with Crippen molar-refractivity contribution in [3.8, 4) is 0 Å². The maximum Gasteiger partial charge on any atom is 0.183 e. The van der Waals surface area contributed by atoms with Crippen molar-refractivity contribution in [2.24, 2.45) is 4.40 Å². The normalized spacial score (nSPS) is 17.8. The second-order valence-corrected chi connectivity index (χ2v) is 5.24. The molecule has 0 unspecified atom stereocenters. The quantitative estimate of drug-likeness (QED) is 0.579. The number of ether oxygens (including phenoxy) is 1. The van der Waals surface area contributed by atoms with E-state index in [2.05, 4.69) is 22.6 Å². The van der Waals surface area contributed by atoms with Gasteiger partial charge in [0.15, 0.2) is 5.09 Å². The molecule has 1 aliphatic heterocycles. The van der Waals surface area contributed by atoms with E-state index in [0.29, 0.717) is 0 Å². The number of allylic oxidation sites excluding steroid dienone is 3. The molecule has 0 fully saturated rings. The second-order valence-electron chi connectivity index (χ2n) is 4.01. The number of benzene rings is 1. The van der Waals surface area contributed by atoms with Crippen LogP contribution in [0.3, 0.4) is 0 Å². The monoisotopic (exact) mass is 273 g/mol. The lowest BCUT2D eigenvalue weighted by molar-refractivity contribution is 0.323. The van der Waals surface area contributed by atoms with Crippen LogP contribution < -0.4 is 10.6 Å². The minimum atomic E-state index is 0.805. The van der Waals surface area contributed by atoms with E-state index in [-0.39, 0.29) is 0 Å². The van der Waals surface area contributed by atoms with Crippen LogP contribution in [0.2, 0.25) is 0 Å². The van der Waals surface area contributed by atoms with Crippen molar-refractivity contribution in [2.75, 3.05) is 7.11 Å². The van der Waals surface area contributed by atoms with Gasteiger partial charge in [-0.2, -0.15) is 0 Å². The van der Waals surface area contributed by atoms with Gasteiger partial charge >= 0.3 is 0 Å². The molecule has 0 saturated carbocycles. The van der Waals surface area contributed by atoms with Crippen LogP contribution in [0, 0.1) is 0 Å². The van der Waals surface area contributed by atoms with Gasteiger partial charge in [0.1, 0.15) is 0 Å². The topological polar surface area (TPSA) is 21.6 Å². The average molecular weight is 273 g/mol. The highest BCUT2D eigenvalue weighted by Gasteiger charge is 2.20. The molecule has 1 heterocycles. The van der Waals surface area contributed by atoms with Gasteiger partial charge in [-0.1, -0.05) is 42.6 Å². The minimum absolute atomic E-state index is 0.805. The summed E-state index contributed by atoms with van der Waals surface area (Å²) in [6.45, 7) is 0. The van der Waals surface area contributed by atoms with Crippen LogP contribution in [0.5, 0.6) is 0 Å². The van der Waals surface area contributed by atoms with E-state index in [4.69, 9.17) is 17.0 Å². The molecule has 0 atom stereocenters. The molecule has 0 N–H and O–H groups in total. The van der Waals surface area contributed by atoms with Gasteiger partial charge in [0.05, 0.1) is 12.5 Å². The Bertz CT molecular complexity index is 701. The lowest BCUT2D eigenvalue weighted by Crippen LogP contribution is -2.29. The summed E-state index contributed by atoms with van der Waals surface area (Å²) in [7, 11) is 1.67. The first-order valence-electron chi connectivity index (χ1n) is 5.64. The standard InChI is InChI=1S/C14H11NOS2/c1-16-14-10-6-4-8-12(17)13(10)9-5-2-3-7-11(9)15-18-14/h2-7H,8H2,1H3. The number of methoxy groups -OCH3 is 1.